The van der Waals surface area contributed by atoms with E-state index in [9.17, 15) is 13.6 Å². The molecule has 1 aromatic carbocycles. The average Bonchev–Trinajstić information content (AvgIpc) is 3.12. The Hall–Kier alpha value is -2.61. The fourth-order valence-corrected chi connectivity index (χ4v) is 5.95. The summed E-state index contributed by atoms with van der Waals surface area (Å²) < 4.78 is 34.2. The lowest BCUT2D eigenvalue weighted by Crippen LogP contribution is -2.41. The normalized spacial score (nSPS) is 22.2. The first-order chi connectivity index (χ1) is 16.4. The molecule has 35 heavy (non-hydrogen) atoms. The molecule has 2 atom stereocenters. The number of aromatic nitrogens is 2. The van der Waals surface area contributed by atoms with Gasteiger partial charge in [-0.1, -0.05) is 19.9 Å². The van der Waals surface area contributed by atoms with Crippen molar-refractivity contribution in [1.82, 2.24) is 20.4 Å². The molecule has 190 valence electrons. The van der Waals surface area contributed by atoms with Gasteiger partial charge in [-0.05, 0) is 81.7 Å². The summed E-state index contributed by atoms with van der Waals surface area (Å²) in [7, 11) is 1.73. The predicted molar refractivity (Wildman–Crippen MR) is 131 cm³/mol. The maximum Gasteiger partial charge on any atom is 0.410 e. The molecule has 2 bridgehead atoms. The second kappa shape index (κ2) is 9.12. The highest BCUT2D eigenvalue weighted by atomic mass is 19.1. The van der Waals surface area contributed by atoms with Gasteiger partial charge in [0.1, 0.15) is 17.2 Å². The standard InChI is InChI=1S/C27H36F2N4O2/c1-25(2,3)35-24(34)33(6)15-14-30-13-12-27-11-10-18(26(27,4)5)17-16-21(31-32-23(17)27)22-19(28)8-7-9-20(22)29/h7-9,16,18,30H,10-15H2,1-6H3/t18-,27-/m0/s1. The van der Waals surface area contributed by atoms with Crippen molar-refractivity contribution < 1.29 is 18.3 Å². The largest absolute Gasteiger partial charge is 0.444 e. The first kappa shape index (κ1) is 25.5. The Balaban J connectivity index is 1.45. The fraction of sp³-hybridized carbons (Fsp3) is 0.593. The Labute approximate surface area is 206 Å². The summed E-state index contributed by atoms with van der Waals surface area (Å²) in [6.07, 6.45) is 2.58. The van der Waals surface area contributed by atoms with Crippen LogP contribution in [0.15, 0.2) is 24.3 Å². The number of hydrogen-bond acceptors (Lipinski definition) is 5. The van der Waals surface area contributed by atoms with Crippen molar-refractivity contribution in [1.29, 1.82) is 0 Å². The molecule has 1 saturated carbocycles. The third-order valence-electron chi connectivity index (χ3n) is 7.89. The number of halogens is 2. The molecule has 1 fully saturated rings. The van der Waals surface area contributed by atoms with Crippen molar-refractivity contribution in [3.63, 3.8) is 0 Å². The van der Waals surface area contributed by atoms with Crippen LogP contribution in [0.3, 0.4) is 0 Å². The van der Waals surface area contributed by atoms with Crippen LogP contribution >= 0.6 is 0 Å². The highest BCUT2D eigenvalue weighted by molar-refractivity contribution is 5.67. The van der Waals surface area contributed by atoms with Crippen LogP contribution in [0.25, 0.3) is 11.3 Å². The van der Waals surface area contributed by atoms with Gasteiger partial charge in [0.15, 0.2) is 0 Å². The number of benzene rings is 1. The molecule has 1 amide bonds. The molecule has 6 nitrogen and oxygen atoms in total. The Morgan fingerprint density at radius 1 is 1.20 bits per heavy atom. The third kappa shape index (κ3) is 4.53. The number of carbonyl (C=O) groups excluding carboxylic acids is 1. The Morgan fingerprint density at radius 3 is 2.54 bits per heavy atom. The van der Waals surface area contributed by atoms with Crippen molar-refractivity contribution in [2.24, 2.45) is 5.41 Å². The van der Waals surface area contributed by atoms with Crippen molar-refractivity contribution in [2.45, 2.75) is 70.8 Å². The van der Waals surface area contributed by atoms with Crippen LogP contribution in [0, 0.1) is 17.0 Å². The number of carbonyl (C=O) groups is 1. The molecule has 2 aliphatic carbocycles. The van der Waals surface area contributed by atoms with Gasteiger partial charge in [-0.2, -0.15) is 10.2 Å². The van der Waals surface area contributed by atoms with Gasteiger partial charge < -0.3 is 15.0 Å². The lowest BCUT2D eigenvalue weighted by atomic mass is 9.66. The Morgan fingerprint density at radius 2 is 1.89 bits per heavy atom. The summed E-state index contributed by atoms with van der Waals surface area (Å²) in [6.45, 7) is 12.1. The van der Waals surface area contributed by atoms with Gasteiger partial charge in [-0.25, -0.2) is 13.6 Å². The summed E-state index contributed by atoms with van der Waals surface area (Å²) in [6, 6.07) is 5.70. The number of nitrogens with zero attached hydrogens (tertiary/aromatic N) is 3. The molecule has 1 N–H and O–H groups in total. The van der Waals surface area contributed by atoms with Crippen molar-refractivity contribution >= 4 is 6.09 Å². The molecule has 8 heteroatoms. The van der Waals surface area contributed by atoms with Gasteiger partial charge in [-0.3, -0.25) is 0 Å². The van der Waals surface area contributed by atoms with E-state index in [4.69, 9.17) is 4.74 Å². The zero-order valence-electron chi connectivity index (χ0n) is 21.5. The lowest BCUT2D eigenvalue weighted by molar-refractivity contribution is 0.0300. The average molecular weight is 487 g/mol. The SMILES string of the molecule is CN(CCNCC[C@@]12CC[C@@H](c3cc(-c4c(F)cccc4F)nnc31)C2(C)C)C(=O)OC(C)(C)C. The maximum atomic E-state index is 14.4. The molecule has 0 unspecified atom stereocenters. The maximum absolute atomic E-state index is 14.4. The van der Waals surface area contributed by atoms with E-state index in [1.165, 1.54) is 18.2 Å². The molecule has 0 spiro atoms. The van der Waals surface area contributed by atoms with E-state index in [1.807, 2.05) is 26.8 Å². The van der Waals surface area contributed by atoms with Crippen molar-refractivity contribution in [2.75, 3.05) is 26.7 Å². The van der Waals surface area contributed by atoms with E-state index >= 15 is 0 Å². The highest BCUT2D eigenvalue weighted by Gasteiger charge is 2.62. The van der Waals surface area contributed by atoms with Gasteiger partial charge in [0.2, 0.25) is 0 Å². The van der Waals surface area contributed by atoms with E-state index in [-0.39, 0.29) is 34.1 Å². The van der Waals surface area contributed by atoms with E-state index in [2.05, 4.69) is 29.4 Å². The fourth-order valence-electron chi connectivity index (χ4n) is 5.95. The zero-order valence-corrected chi connectivity index (χ0v) is 21.5. The molecule has 1 heterocycles. The molecule has 1 aromatic heterocycles. The summed E-state index contributed by atoms with van der Waals surface area (Å²) in [5.41, 5.74) is 1.47. The highest BCUT2D eigenvalue weighted by Crippen LogP contribution is 2.68. The Kier molecular flexibility index (Phi) is 6.64. The van der Waals surface area contributed by atoms with Gasteiger partial charge >= 0.3 is 6.09 Å². The van der Waals surface area contributed by atoms with Crippen LogP contribution < -0.4 is 5.32 Å². The monoisotopic (exact) mass is 486 g/mol. The molecule has 2 aliphatic rings. The van der Waals surface area contributed by atoms with E-state index < -0.39 is 17.2 Å². The molecular formula is C27H36F2N4O2. The van der Waals surface area contributed by atoms with Gasteiger partial charge in [0.05, 0.1) is 17.0 Å². The minimum absolute atomic E-state index is 0.0363. The van der Waals surface area contributed by atoms with Gasteiger partial charge in [0.25, 0.3) is 0 Å². The Bertz CT molecular complexity index is 1090. The molecule has 0 radical (unpaired) electrons. The molecule has 0 saturated heterocycles. The molecule has 0 aliphatic heterocycles. The van der Waals surface area contributed by atoms with Crippen LogP contribution in [-0.2, 0) is 10.2 Å². The number of amides is 1. The summed E-state index contributed by atoms with van der Waals surface area (Å²) in [5, 5.41) is 12.3. The van der Waals surface area contributed by atoms with E-state index in [1.54, 1.807) is 11.9 Å². The summed E-state index contributed by atoms with van der Waals surface area (Å²) in [5.74, 6) is -0.978. The second-order valence-electron chi connectivity index (χ2n) is 11.4. The van der Waals surface area contributed by atoms with Crippen LogP contribution in [0.2, 0.25) is 0 Å². The minimum atomic E-state index is -0.628. The smallest absolute Gasteiger partial charge is 0.410 e. The van der Waals surface area contributed by atoms with E-state index in [0.29, 0.717) is 13.1 Å². The van der Waals surface area contributed by atoms with Crippen molar-refractivity contribution in [3.8, 4) is 11.3 Å². The van der Waals surface area contributed by atoms with Gasteiger partial charge in [-0.15, -0.1) is 0 Å². The number of hydrogen-bond donors (Lipinski definition) is 1. The molecule has 2 aromatic rings. The first-order valence-corrected chi connectivity index (χ1v) is 12.3. The third-order valence-corrected chi connectivity index (χ3v) is 7.89. The van der Waals surface area contributed by atoms with E-state index in [0.717, 1.165) is 37.1 Å². The zero-order chi connectivity index (χ0) is 25.6. The van der Waals surface area contributed by atoms with Crippen LogP contribution in [0.1, 0.15) is 71.1 Å². The van der Waals surface area contributed by atoms with Crippen LogP contribution in [0.5, 0.6) is 0 Å². The molecular weight excluding hydrogens is 450 g/mol. The van der Waals surface area contributed by atoms with Crippen LogP contribution in [0.4, 0.5) is 13.6 Å². The number of likely N-dealkylation sites (N-methyl/N-ethyl adjacent to an activating group) is 1. The molecule has 4 rings (SSSR count). The topological polar surface area (TPSA) is 67.3 Å². The predicted octanol–water partition coefficient (Wildman–Crippen LogP) is 5.42. The number of rotatable bonds is 7. The summed E-state index contributed by atoms with van der Waals surface area (Å²) in [4.78, 5) is 13.7. The number of nitrogens with one attached hydrogen (secondary N) is 1. The number of ether oxygens (including phenoxy) is 1. The number of fused-ring (bicyclic) bond motifs is 5. The quantitative estimate of drug-likeness (QED) is 0.529. The van der Waals surface area contributed by atoms with Crippen LogP contribution in [-0.4, -0.2) is 53.5 Å². The lowest BCUT2D eigenvalue weighted by Gasteiger charge is -2.38. The first-order valence-electron chi connectivity index (χ1n) is 12.3. The van der Waals surface area contributed by atoms with Crippen molar-refractivity contribution in [3.05, 3.63) is 47.2 Å². The van der Waals surface area contributed by atoms with Gasteiger partial charge in [0, 0.05) is 25.6 Å². The summed E-state index contributed by atoms with van der Waals surface area (Å²) >= 11 is 0. The minimum Gasteiger partial charge on any atom is -0.444 e. The second-order valence-corrected chi connectivity index (χ2v) is 11.4.